The fraction of sp³-hybridized carbons (Fsp3) is 0.650. The van der Waals surface area contributed by atoms with E-state index in [1.54, 1.807) is 0 Å². The van der Waals surface area contributed by atoms with Gasteiger partial charge in [0.15, 0.2) is 5.96 Å². The number of fused-ring (bicyclic) bond motifs is 1. The zero-order valence-corrected chi connectivity index (χ0v) is 18.7. The van der Waals surface area contributed by atoms with Gasteiger partial charge in [-0.25, -0.2) is 0 Å². The van der Waals surface area contributed by atoms with Crippen LogP contribution in [-0.2, 0) is 4.74 Å². The van der Waals surface area contributed by atoms with Gasteiger partial charge in [0, 0.05) is 31.0 Å². The molecule has 0 aromatic heterocycles. The van der Waals surface area contributed by atoms with Gasteiger partial charge in [0.25, 0.3) is 0 Å². The van der Waals surface area contributed by atoms with Crippen molar-refractivity contribution in [3.8, 4) is 5.75 Å². The molecule has 1 aliphatic carbocycles. The second kappa shape index (κ2) is 8.78. The van der Waals surface area contributed by atoms with Crippen LogP contribution in [0.15, 0.2) is 29.3 Å². The van der Waals surface area contributed by atoms with Crippen LogP contribution >= 0.6 is 24.0 Å². The highest BCUT2D eigenvalue weighted by molar-refractivity contribution is 14.0. The third kappa shape index (κ3) is 4.44. The summed E-state index contributed by atoms with van der Waals surface area (Å²) in [5, 5.41) is 6.99. The minimum atomic E-state index is 0. The van der Waals surface area contributed by atoms with Crippen molar-refractivity contribution in [2.75, 3.05) is 20.2 Å². The van der Waals surface area contributed by atoms with Crippen LogP contribution in [0, 0.1) is 18.3 Å². The number of halogens is 1. The molecule has 26 heavy (non-hydrogen) atoms. The molecule has 1 aromatic carbocycles. The smallest absolute Gasteiger partial charge is 0.191 e. The highest BCUT2D eigenvalue weighted by Gasteiger charge is 2.59. The lowest BCUT2D eigenvalue weighted by Gasteiger charge is -2.54. The fourth-order valence-corrected chi connectivity index (χ4v) is 4.09. The Morgan fingerprint density at radius 2 is 2.04 bits per heavy atom. The standard InChI is InChI=1S/C20H31N3O2.HI/c1-13-6-8-15(9-7-13)25-14(2)12-22-19(21-5)23-17-16-10-11-24-18(16)20(17,3)4;/h6-9,14,16-18H,10-12H2,1-5H3,(H2,21,22,23);1H. The van der Waals surface area contributed by atoms with E-state index in [1.807, 2.05) is 19.2 Å². The predicted molar refractivity (Wildman–Crippen MR) is 117 cm³/mol. The second-order valence-corrected chi connectivity index (χ2v) is 7.88. The summed E-state index contributed by atoms with van der Waals surface area (Å²) in [6.45, 7) is 10.3. The molecule has 1 saturated heterocycles. The first kappa shape index (κ1) is 21.3. The van der Waals surface area contributed by atoms with Crippen LogP contribution in [0.4, 0.5) is 0 Å². The Morgan fingerprint density at radius 3 is 2.69 bits per heavy atom. The quantitative estimate of drug-likeness (QED) is 0.391. The summed E-state index contributed by atoms with van der Waals surface area (Å²) in [5.41, 5.74) is 1.38. The first-order chi connectivity index (χ1) is 11.9. The van der Waals surface area contributed by atoms with Gasteiger partial charge in [0.1, 0.15) is 11.9 Å². The molecule has 0 bridgehead atoms. The van der Waals surface area contributed by atoms with E-state index in [2.05, 4.69) is 55.5 Å². The highest BCUT2D eigenvalue weighted by Crippen LogP contribution is 2.52. The van der Waals surface area contributed by atoms with Gasteiger partial charge in [0.2, 0.25) is 0 Å². The van der Waals surface area contributed by atoms with E-state index < -0.39 is 0 Å². The van der Waals surface area contributed by atoms with Crippen molar-refractivity contribution in [2.45, 2.75) is 52.4 Å². The topological polar surface area (TPSA) is 54.9 Å². The molecule has 6 heteroatoms. The largest absolute Gasteiger partial charge is 0.489 e. The maximum atomic E-state index is 5.95. The summed E-state index contributed by atoms with van der Waals surface area (Å²) in [6, 6.07) is 8.55. The SMILES string of the molecule is CN=C(NCC(C)Oc1ccc(C)cc1)NC1C2CCOC2C1(C)C.I. The van der Waals surface area contributed by atoms with Crippen molar-refractivity contribution in [3.63, 3.8) is 0 Å². The summed E-state index contributed by atoms with van der Waals surface area (Å²) in [5.74, 6) is 2.33. The summed E-state index contributed by atoms with van der Waals surface area (Å²) in [4.78, 5) is 4.38. The van der Waals surface area contributed by atoms with Crippen molar-refractivity contribution >= 4 is 29.9 Å². The van der Waals surface area contributed by atoms with E-state index in [-0.39, 0.29) is 35.5 Å². The van der Waals surface area contributed by atoms with Crippen molar-refractivity contribution in [1.29, 1.82) is 0 Å². The van der Waals surface area contributed by atoms with Gasteiger partial charge >= 0.3 is 0 Å². The molecule has 1 heterocycles. The van der Waals surface area contributed by atoms with Gasteiger partial charge in [0.05, 0.1) is 12.6 Å². The number of hydrogen-bond donors (Lipinski definition) is 2. The number of guanidine groups is 1. The summed E-state index contributed by atoms with van der Waals surface area (Å²) < 4.78 is 11.8. The molecule has 3 rings (SSSR count). The van der Waals surface area contributed by atoms with E-state index in [4.69, 9.17) is 9.47 Å². The third-order valence-corrected chi connectivity index (χ3v) is 5.53. The molecule has 2 N–H and O–H groups in total. The molecule has 4 unspecified atom stereocenters. The summed E-state index contributed by atoms with van der Waals surface area (Å²) in [6.07, 6.45) is 1.57. The van der Waals surface area contributed by atoms with Gasteiger partial charge in [-0.05, 0) is 32.4 Å². The molecule has 5 nitrogen and oxygen atoms in total. The van der Waals surface area contributed by atoms with E-state index in [1.165, 1.54) is 5.56 Å². The zero-order chi connectivity index (χ0) is 18.0. The molecule has 0 spiro atoms. The van der Waals surface area contributed by atoms with Crippen LogP contribution in [0.3, 0.4) is 0 Å². The first-order valence-corrected chi connectivity index (χ1v) is 9.24. The number of rotatable bonds is 5. The van der Waals surface area contributed by atoms with Gasteiger partial charge < -0.3 is 20.1 Å². The maximum absolute atomic E-state index is 5.95. The number of nitrogens with one attached hydrogen (secondary N) is 2. The molecule has 1 aliphatic heterocycles. The van der Waals surface area contributed by atoms with Crippen LogP contribution in [0.5, 0.6) is 5.75 Å². The van der Waals surface area contributed by atoms with Gasteiger partial charge in [-0.2, -0.15) is 0 Å². The van der Waals surface area contributed by atoms with Crippen molar-refractivity contribution < 1.29 is 9.47 Å². The molecule has 4 atom stereocenters. The molecule has 0 radical (unpaired) electrons. The first-order valence-electron chi connectivity index (χ1n) is 9.24. The van der Waals surface area contributed by atoms with Crippen LogP contribution in [0.2, 0.25) is 0 Å². The molecule has 1 saturated carbocycles. The number of hydrogen-bond acceptors (Lipinski definition) is 3. The Balaban J connectivity index is 0.00000243. The fourth-order valence-electron chi connectivity index (χ4n) is 4.09. The summed E-state index contributed by atoms with van der Waals surface area (Å²) >= 11 is 0. The number of aryl methyl sites for hydroxylation is 1. The molecule has 146 valence electrons. The molecular formula is C20H32IN3O2. The minimum absolute atomic E-state index is 0. The van der Waals surface area contributed by atoms with Crippen LogP contribution in [0.25, 0.3) is 0 Å². The average Bonchev–Trinajstić information content (AvgIpc) is 3.04. The van der Waals surface area contributed by atoms with Crippen molar-refractivity contribution in [1.82, 2.24) is 10.6 Å². The molecule has 0 amide bonds. The maximum Gasteiger partial charge on any atom is 0.191 e. The molecule has 2 aliphatic rings. The van der Waals surface area contributed by atoms with Crippen LogP contribution in [-0.4, -0.2) is 44.4 Å². The number of ether oxygens (including phenoxy) is 2. The highest BCUT2D eigenvalue weighted by atomic mass is 127. The van der Waals surface area contributed by atoms with Gasteiger partial charge in [-0.15, -0.1) is 24.0 Å². The third-order valence-electron chi connectivity index (χ3n) is 5.53. The van der Waals surface area contributed by atoms with E-state index in [0.717, 1.165) is 24.7 Å². The minimum Gasteiger partial charge on any atom is -0.489 e. The Kier molecular flexibility index (Phi) is 7.19. The Hall–Kier alpha value is -1.02. The van der Waals surface area contributed by atoms with Gasteiger partial charge in [-0.3, -0.25) is 4.99 Å². The van der Waals surface area contributed by atoms with E-state index >= 15 is 0 Å². The Morgan fingerprint density at radius 1 is 1.35 bits per heavy atom. The molecular weight excluding hydrogens is 441 g/mol. The average molecular weight is 473 g/mol. The van der Waals surface area contributed by atoms with E-state index in [0.29, 0.717) is 24.6 Å². The Labute approximate surface area is 174 Å². The second-order valence-electron chi connectivity index (χ2n) is 7.88. The van der Waals surface area contributed by atoms with Crippen LogP contribution in [0.1, 0.15) is 32.8 Å². The molecule has 1 aromatic rings. The van der Waals surface area contributed by atoms with Gasteiger partial charge in [-0.1, -0.05) is 31.5 Å². The number of nitrogens with zero attached hydrogens (tertiary/aromatic N) is 1. The lowest BCUT2D eigenvalue weighted by molar-refractivity contribution is -0.106. The van der Waals surface area contributed by atoms with Crippen molar-refractivity contribution in [3.05, 3.63) is 29.8 Å². The summed E-state index contributed by atoms with van der Waals surface area (Å²) in [7, 11) is 1.81. The van der Waals surface area contributed by atoms with Crippen molar-refractivity contribution in [2.24, 2.45) is 16.3 Å². The van der Waals surface area contributed by atoms with E-state index in [9.17, 15) is 0 Å². The normalized spacial score (nSPS) is 27.6. The monoisotopic (exact) mass is 473 g/mol. The zero-order valence-electron chi connectivity index (χ0n) is 16.4. The predicted octanol–water partition coefficient (Wildman–Crippen LogP) is 3.36. The van der Waals surface area contributed by atoms with Crippen LogP contribution < -0.4 is 15.4 Å². The number of aliphatic imine (C=N–C) groups is 1. The number of benzene rings is 1. The lowest BCUT2D eigenvalue weighted by atomic mass is 9.57. The molecule has 2 fully saturated rings. The lowest BCUT2D eigenvalue weighted by Crippen LogP contribution is -2.68. The Bertz CT molecular complexity index is 618.